The van der Waals surface area contributed by atoms with E-state index < -0.39 is 5.97 Å². The highest BCUT2D eigenvalue weighted by Crippen LogP contribution is 2.54. The van der Waals surface area contributed by atoms with Gasteiger partial charge in [-0.15, -0.1) is 11.3 Å². The van der Waals surface area contributed by atoms with Gasteiger partial charge in [-0.2, -0.15) is 0 Å². The molecule has 1 saturated carbocycles. The fourth-order valence-corrected chi connectivity index (χ4v) is 3.46. The van der Waals surface area contributed by atoms with Gasteiger partial charge in [-0.25, -0.2) is 14.6 Å². The molecule has 2 aromatic rings. The number of aromatic nitrogens is 1. The van der Waals surface area contributed by atoms with Crippen molar-refractivity contribution in [3.63, 3.8) is 0 Å². The van der Waals surface area contributed by atoms with Gasteiger partial charge in [-0.1, -0.05) is 12.1 Å². The number of rotatable bonds is 4. The van der Waals surface area contributed by atoms with Crippen molar-refractivity contribution in [2.75, 3.05) is 7.11 Å². The first kappa shape index (κ1) is 13.8. The quantitative estimate of drug-likeness (QED) is 0.879. The lowest BCUT2D eigenvalue weighted by Crippen LogP contribution is -2.10. The number of aromatic carboxylic acids is 1. The Morgan fingerprint density at radius 2 is 1.95 bits per heavy atom. The monoisotopic (exact) mass is 303 g/mol. The van der Waals surface area contributed by atoms with Gasteiger partial charge < -0.3 is 9.84 Å². The molecule has 1 aliphatic carbocycles. The summed E-state index contributed by atoms with van der Waals surface area (Å²) >= 11 is 1.37. The molecule has 0 unspecified atom stereocenters. The molecule has 108 valence electrons. The molecule has 1 fully saturated rings. The van der Waals surface area contributed by atoms with Gasteiger partial charge in [0.05, 0.1) is 12.7 Å². The molecule has 0 saturated heterocycles. The molecule has 3 rings (SSSR count). The molecule has 1 aliphatic rings. The lowest BCUT2D eigenvalue weighted by Gasteiger charge is -2.13. The van der Waals surface area contributed by atoms with Gasteiger partial charge in [0.2, 0.25) is 0 Å². The molecule has 0 spiro atoms. The minimum atomic E-state index is -1.01. The molecule has 6 heteroatoms. The summed E-state index contributed by atoms with van der Waals surface area (Å²) < 4.78 is 4.68. The molecule has 0 aliphatic heterocycles. The molecule has 0 atom stereocenters. The van der Waals surface area contributed by atoms with E-state index in [2.05, 4.69) is 9.72 Å². The van der Waals surface area contributed by atoms with E-state index in [1.54, 1.807) is 17.5 Å². The van der Waals surface area contributed by atoms with Crippen molar-refractivity contribution < 1.29 is 19.4 Å². The van der Waals surface area contributed by atoms with E-state index in [4.69, 9.17) is 5.11 Å². The van der Waals surface area contributed by atoms with Gasteiger partial charge in [0.1, 0.15) is 5.01 Å². The van der Waals surface area contributed by atoms with Crippen LogP contribution >= 0.6 is 11.3 Å². The Labute approximate surface area is 125 Å². The minimum absolute atomic E-state index is 0.0902. The summed E-state index contributed by atoms with van der Waals surface area (Å²) in [4.78, 5) is 26.6. The van der Waals surface area contributed by atoms with Crippen molar-refractivity contribution >= 4 is 23.3 Å². The molecule has 5 nitrogen and oxygen atoms in total. The second kappa shape index (κ2) is 4.96. The van der Waals surface area contributed by atoms with E-state index in [0.717, 1.165) is 23.4 Å². The van der Waals surface area contributed by atoms with E-state index in [0.29, 0.717) is 5.56 Å². The van der Waals surface area contributed by atoms with Crippen LogP contribution in [0, 0.1) is 0 Å². The summed E-state index contributed by atoms with van der Waals surface area (Å²) in [6.07, 6.45) is 1.88. The molecule has 1 aromatic carbocycles. The van der Waals surface area contributed by atoms with Crippen molar-refractivity contribution in [2.24, 2.45) is 0 Å². The van der Waals surface area contributed by atoms with Crippen LogP contribution < -0.4 is 0 Å². The maximum atomic E-state index is 11.4. The third-order valence-corrected chi connectivity index (χ3v) is 4.79. The summed E-state index contributed by atoms with van der Waals surface area (Å²) in [6, 6.07) is 7.24. The van der Waals surface area contributed by atoms with Crippen LogP contribution in [-0.2, 0) is 10.2 Å². The molecule has 0 amide bonds. The maximum absolute atomic E-state index is 11.4. The van der Waals surface area contributed by atoms with Crippen molar-refractivity contribution in [2.45, 2.75) is 18.3 Å². The van der Waals surface area contributed by atoms with E-state index in [1.807, 2.05) is 12.1 Å². The Morgan fingerprint density at radius 1 is 1.29 bits per heavy atom. The Balaban J connectivity index is 1.91. The molecular formula is C15H13NO4S. The van der Waals surface area contributed by atoms with Crippen LogP contribution in [0.3, 0.4) is 0 Å². The average molecular weight is 303 g/mol. The highest BCUT2D eigenvalue weighted by atomic mass is 32.1. The Morgan fingerprint density at radius 3 is 2.43 bits per heavy atom. The lowest BCUT2D eigenvalue weighted by molar-refractivity contribution is 0.0599. The number of esters is 1. The molecule has 1 aromatic heterocycles. The van der Waals surface area contributed by atoms with Crippen LogP contribution in [0.15, 0.2) is 29.6 Å². The number of methoxy groups -OCH3 is 1. The van der Waals surface area contributed by atoms with Gasteiger partial charge in [0.15, 0.2) is 5.69 Å². The lowest BCUT2D eigenvalue weighted by atomic mass is 9.95. The molecule has 1 heterocycles. The molecular weight excluding hydrogens is 290 g/mol. The van der Waals surface area contributed by atoms with Gasteiger partial charge >= 0.3 is 11.9 Å². The van der Waals surface area contributed by atoms with E-state index in [1.165, 1.54) is 18.4 Å². The summed E-state index contributed by atoms with van der Waals surface area (Å²) in [7, 11) is 1.35. The van der Waals surface area contributed by atoms with Crippen molar-refractivity contribution in [1.82, 2.24) is 4.98 Å². The van der Waals surface area contributed by atoms with Crippen LogP contribution in [0.4, 0.5) is 0 Å². The summed E-state index contributed by atoms with van der Waals surface area (Å²) in [5.74, 6) is -1.37. The SMILES string of the molecule is COC(=O)c1ccc(C2(c3nc(C(=O)O)cs3)CC2)cc1. The third kappa shape index (κ3) is 2.31. The van der Waals surface area contributed by atoms with Gasteiger partial charge in [0, 0.05) is 10.8 Å². The highest BCUT2D eigenvalue weighted by molar-refractivity contribution is 7.10. The van der Waals surface area contributed by atoms with Crippen LogP contribution in [0.25, 0.3) is 0 Å². The molecule has 0 bridgehead atoms. The Hall–Kier alpha value is -2.21. The Bertz CT molecular complexity index is 701. The maximum Gasteiger partial charge on any atom is 0.355 e. The number of carboxylic acids is 1. The van der Waals surface area contributed by atoms with Crippen molar-refractivity contribution in [3.8, 4) is 0 Å². The van der Waals surface area contributed by atoms with Gasteiger partial charge in [-0.3, -0.25) is 0 Å². The van der Waals surface area contributed by atoms with Crippen LogP contribution in [0.1, 0.15) is 44.3 Å². The molecule has 0 radical (unpaired) electrons. The predicted octanol–water partition coefficient (Wildman–Crippen LogP) is 2.71. The standard InChI is InChI=1S/C15H13NO4S/c1-20-13(19)9-2-4-10(5-3-9)15(6-7-15)14-16-11(8-21-14)12(17)18/h2-5,8H,6-7H2,1H3,(H,17,18). The Kier molecular flexibility index (Phi) is 3.25. The van der Waals surface area contributed by atoms with Crippen LogP contribution in [0.5, 0.6) is 0 Å². The third-order valence-electron chi connectivity index (χ3n) is 3.74. The number of hydrogen-bond donors (Lipinski definition) is 1. The number of benzene rings is 1. The van der Waals surface area contributed by atoms with Gasteiger partial charge in [0.25, 0.3) is 0 Å². The predicted molar refractivity (Wildman–Crippen MR) is 76.9 cm³/mol. The first-order valence-corrected chi connectivity index (χ1v) is 7.33. The van der Waals surface area contributed by atoms with Crippen molar-refractivity contribution in [1.29, 1.82) is 0 Å². The van der Waals surface area contributed by atoms with E-state index >= 15 is 0 Å². The zero-order valence-corrected chi connectivity index (χ0v) is 12.1. The summed E-state index contributed by atoms with van der Waals surface area (Å²) in [5, 5.41) is 11.4. The van der Waals surface area contributed by atoms with Crippen LogP contribution in [-0.4, -0.2) is 29.1 Å². The molecule has 21 heavy (non-hydrogen) atoms. The topological polar surface area (TPSA) is 76.5 Å². The second-order valence-corrected chi connectivity index (χ2v) is 5.85. The highest BCUT2D eigenvalue weighted by Gasteiger charge is 2.48. The number of ether oxygens (including phenoxy) is 1. The number of nitrogens with zero attached hydrogens (tertiary/aromatic N) is 1. The van der Waals surface area contributed by atoms with Crippen molar-refractivity contribution in [3.05, 3.63) is 51.5 Å². The average Bonchev–Trinajstić information content (AvgIpc) is 3.15. The van der Waals surface area contributed by atoms with E-state index in [-0.39, 0.29) is 17.1 Å². The normalized spacial score (nSPS) is 15.5. The number of hydrogen-bond acceptors (Lipinski definition) is 5. The number of carbonyl (C=O) groups excluding carboxylic acids is 1. The molecule has 1 N–H and O–H groups in total. The first-order chi connectivity index (χ1) is 10.1. The fourth-order valence-electron chi connectivity index (χ4n) is 2.39. The van der Waals surface area contributed by atoms with E-state index in [9.17, 15) is 9.59 Å². The largest absolute Gasteiger partial charge is 0.476 e. The zero-order chi connectivity index (χ0) is 15.0. The number of carboxylic acid groups (broad SMARTS) is 1. The number of carbonyl (C=O) groups is 2. The zero-order valence-electron chi connectivity index (χ0n) is 11.3. The minimum Gasteiger partial charge on any atom is -0.476 e. The first-order valence-electron chi connectivity index (χ1n) is 6.45. The van der Waals surface area contributed by atoms with Gasteiger partial charge in [-0.05, 0) is 30.5 Å². The van der Waals surface area contributed by atoms with Crippen LogP contribution in [0.2, 0.25) is 0 Å². The summed E-state index contributed by atoms with van der Waals surface area (Å²) in [5.41, 5.74) is 1.46. The smallest absolute Gasteiger partial charge is 0.355 e. The number of thiazole rings is 1. The second-order valence-electron chi connectivity index (χ2n) is 4.99. The summed E-state index contributed by atoms with van der Waals surface area (Å²) in [6.45, 7) is 0. The fraction of sp³-hybridized carbons (Fsp3) is 0.267.